The second kappa shape index (κ2) is 13.7. The molecule has 0 unspecified atom stereocenters. The van der Waals surface area contributed by atoms with Crippen LogP contribution in [0.4, 0.5) is 0 Å². The van der Waals surface area contributed by atoms with E-state index in [4.69, 9.17) is 4.74 Å². The average Bonchev–Trinajstić information content (AvgIpc) is 2.91. The fraction of sp³-hybridized carbons (Fsp3) is 0.581. The van der Waals surface area contributed by atoms with E-state index in [0.717, 1.165) is 62.3 Å². The normalized spacial score (nSPS) is 21.1. The van der Waals surface area contributed by atoms with Crippen LogP contribution in [0.25, 0.3) is 0 Å². The first kappa shape index (κ1) is 28.1. The fourth-order valence-corrected chi connectivity index (χ4v) is 5.77. The van der Waals surface area contributed by atoms with Gasteiger partial charge in [-0.1, -0.05) is 38.1 Å². The summed E-state index contributed by atoms with van der Waals surface area (Å²) in [6.45, 7) is 9.15. The van der Waals surface area contributed by atoms with Crippen molar-refractivity contribution in [3.63, 3.8) is 0 Å². The number of rotatable bonds is 7. The number of hydrogen-bond donors (Lipinski definition) is 0. The van der Waals surface area contributed by atoms with Gasteiger partial charge in [0.2, 0.25) is 11.8 Å². The van der Waals surface area contributed by atoms with Crippen LogP contribution in [0.2, 0.25) is 0 Å². The molecule has 1 aromatic carbocycles. The van der Waals surface area contributed by atoms with Crippen LogP contribution in [-0.2, 0) is 22.6 Å². The molecule has 38 heavy (non-hydrogen) atoms. The van der Waals surface area contributed by atoms with Gasteiger partial charge in [0.05, 0.1) is 13.2 Å². The fourth-order valence-electron chi connectivity index (χ4n) is 5.77. The molecule has 0 spiro atoms. The van der Waals surface area contributed by atoms with E-state index < -0.39 is 0 Å². The van der Waals surface area contributed by atoms with Crippen LogP contribution >= 0.6 is 0 Å². The van der Waals surface area contributed by atoms with Gasteiger partial charge in [0.1, 0.15) is 5.75 Å². The predicted octanol–water partition coefficient (Wildman–Crippen LogP) is 4.27. The molecule has 1 aromatic heterocycles. The Bertz CT molecular complexity index is 1040. The highest BCUT2D eigenvalue weighted by atomic mass is 16.5. The van der Waals surface area contributed by atoms with Crippen molar-refractivity contribution in [2.75, 3.05) is 46.4 Å². The van der Waals surface area contributed by atoms with Gasteiger partial charge < -0.3 is 14.5 Å². The predicted molar refractivity (Wildman–Crippen MR) is 150 cm³/mol. The summed E-state index contributed by atoms with van der Waals surface area (Å²) in [5.74, 6) is 2.35. The number of ether oxygens (including phenoxy) is 1. The van der Waals surface area contributed by atoms with E-state index in [-0.39, 0.29) is 17.7 Å². The van der Waals surface area contributed by atoms with E-state index in [1.807, 2.05) is 48.3 Å². The average molecular weight is 521 g/mol. The molecule has 1 saturated heterocycles. The van der Waals surface area contributed by atoms with E-state index in [0.29, 0.717) is 44.5 Å². The molecule has 2 aliphatic heterocycles. The molecular formula is C31H44N4O3. The number of fused-ring (bicyclic) bond motifs is 3. The molecule has 0 aliphatic carbocycles. The van der Waals surface area contributed by atoms with Crippen LogP contribution < -0.4 is 4.74 Å². The van der Waals surface area contributed by atoms with Crippen molar-refractivity contribution in [2.45, 2.75) is 52.5 Å². The van der Waals surface area contributed by atoms with Crippen molar-refractivity contribution in [3.8, 4) is 5.75 Å². The first-order valence-electron chi connectivity index (χ1n) is 14.2. The number of likely N-dealkylation sites (N-methyl/N-ethyl adjacent to an activating group) is 1. The molecule has 2 aliphatic rings. The molecule has 2 bridgehead atoms. The van der Waals surface area contributed by atoms with Crippen LogP contribution in [-0.4, -0.2) is 77.9 Å². The zero-order valence-corrected chi connectivity index (χ0v) is 23.3. The molecule has 7 heteroatoms. The number of carbonyl (C=O) groups is 2. The second-order valence-electron chi connectivity index (χ2n) is 11.4. The number of piperidine rings is 1. The quantitative estimate of drug-likeness (QED) is 0.546. The number of aromatic nitrogens is 1. The smallest absolute Gasteiger partial charge is 0.236 e. The Labute approximate surface area is 228 Å². The van der Waals surface area contributed by atoms with E-state index in [1.54, 1.807) is 6.20 Å². The summed E-state index contributed by atoms with van der Waals surface area (Å²) in [5.41, 5.74) is 2.14. The van der Waals surface area contributed by atoms with Gasteiger partial charge >= 0.3 is 0 Å². The summed E-state index contributed by atoms with van der Waals surface area (Å²) in [4.78, 5) is 37.1. The van der Waals surface area contributed by atoms with E-state index in [9.17, 15) is 9.59 Å². The molecule has 4 rings (SSSR count). The minimum atomic E-state index is 0.182. The molecule has 1 fully saturated rings. The van der Waals surface area contributed by atoms with Crippen molar-refractivity contribution in [2.24, 2.45) is 17.8 Å². The highest BCUT2D eigenvalue weighted by molar-refractivity contribution is 5.79. The standard InChI is InChI=1S/C31H44N4O3/c1-24(2)20-34-21-27-9-4-5-12-29(27)38-18-8-10-26-22-35(31(37)23-34)17-13-25(26)19-30(36)33(3)16-14-28-11-6-7-15-32-28/h4-7,9,11-12,15,24-26H,8,10,13-14,16-23H2,1-3H3/t25-,26-/m0/s1. The number of amides is 2. The Hall–Kier alpha value is -2.93. The lowest BCUT2D eigenvalue weighted by molar-refractivity contribution is -0.136. The summed E-state index contributed by atoms with van der Waals surface area (Å²) >= 11 is 0. The SMILES string of the molecule is CC(C)CN1CC(=O)N2CC[C@@H](CC(=O)N(C)CCc3ccccn3)[C@@H](CCCOc3ccccc3C1)C2. The molecule has 0 radical (unpaired) electrons. The summed E-state index contributed by atoms with van der Waals surface area (Å²) in [5, 5.41) is 0. The van der Waals surface area contributed by atoms with E-state index in [2.05, 4.69) is 34.7 Å². The van der Waals surface area contributed by atoms with Crippen molar-refractivity contribution >= 4 is 11.8 Å². The molecule has 2 amide bonds. The second-order valence-corrected chi connectivity index (χ2v) is 11.4. The number of para-hydroxylation sites is 1. The van der Waals surface area contributed by atoms with Crippen molar-refractivity contribution in [1.82, 2.24) is 19.7 Å². The lowest BCUT2D eigenvalue weighted by atomic mass is 9.80. The monoisotopic (exact) mass is 520 g/mol. The highest BCUT2D eigenvalue weighted by Gasteiger charge is 2.33. The lowest BCUT2D eigenvalue weighted by Gasteiger charge is -2.40. The summed E-state index contributed by atoms with van der Waals surface area (Å²) in [6, 6.07) is 14.1. The van der Waals surface area contributed by atoms with Crippen LogP contribution in [0.5, 0.6) is 5.75 Å². The minimum Gasteiger partial charge on any atom is -0.493 e. The number of carbonyl (C=O) groups excluding carboxylic acids is 2. The van der Waals surface area contributed by atoms with Crippen LogP contribution in [0.1, 0.15) is 50.8 Å². The van der Waals surface area contributed by atoms with Crippen LogP contribution in [0.3, 0.4) is 0 Å². The molecule has 0 saturated carbocycles. The van der Waals surface area contributed by atoms with Crippen molar-refractivity contribution in [3.05, 3.63) is 59.9 Å². The van der Waals surface area contributed by atoms with Gasteiger partial charge in [-0.15, -0.1) is 0 Å². The van der Waals surface area contributed by atoms with Gasteiger partial charge in [-0.2, -0.15) is 0 Å². The number of nitrogens with zero attached hydrogens (tertiary/aromatic N) is 4. The maximum absolute atomic E-state index is 13.5. The topological polar surface area (TPSA) is 66.0 Å². The van der Waals surface area contributed by atoms with Gasteiger partial charge in [0, 0.05) is 70.1 Å². The van der Waals surface area contributed by atoms with Gasteiger partial charge in [0.25, 0.3) is 0 Å². The minimum absolute atomic E-state index is 0.182. The Morgan fingerprint density at radius 3 is 2.74 bits per heavy atom. The molecule has 2 aromatic rings. The van der Waals surface area contributed by atoms with E-state index in [1.165, 1.54) is 0 Å². The van der Waals surface area contributed by atoms with Gasteiger partial charge in [0.15, 0.2) is 0 Å². The van der Waals surface area contributed by atoms with E-state index >= 15 is 0 Å². The summed E-state index contributed by atoms with van der Waals surface area (Å²) in [7, 11) is 1.89. The number of hydrogen-bond acceptors (Lipinski definition) is 5. The Morgan fingerprint density at radius 1 is 1.13 bits per heavy atom. The lowest BCUT2D eigenvalue weighted by Crippen LogP contribution is -2.48. The van der Waals surface area contributed by atoms with Crippen molar-refractivity contribution in [1.29, 1.82) is 0 Å². The molecule has 3 heterocycles. The van der Waals surface area contributed by atoms with Gasteiger partial charge in [-0.05, 0) is 55.2 Å². The Kier molecular flexibility index (Phi) is 10.2. The largest absolute Gasteiger partial charge is 0.493 e. The zero-order chi connectivity index (χ0) is 26.9. The van der Waals surface area contributed by atoms with Gasteiger partial charge in [-0.3, -0.25) is 19.5 Å². The van der Waals surface area contributed by atoms with Crippen LogP contribution in [0.15, 0.2) is 48.7 Å². The van der Waals surface area contributed by atoms with Crippen LogP contribution in [0, 0.1) is 17.8 Å². The molecule has 7 nitrogen and oxygen atoms in total. The first-order valence-corrected chi connectivity index (χ1v) is 14.2. The summed E-state index contributed by atoms with van der Waals surface area (Å²) in [6.07, 6.45) is 5.83. The third-order valence-corrected chi connectivity index (χ3v) is 7.86. The molecule has 206 valence electrons. The highest BCUT2D eigenvalue weighted by Crippen LogP contribution is 2.32. The Morgan fingerprint density at radius 2 is 1.95 bits per heavy atom. The molecule has 0 N–H and O–H groups in total. The third kappa shape index (κ3) is 8.03. The maximum Gasteiger partial charge on any atom is 0.236 e. The zero-order valence-electron chi connectivity index (χ0n) is 23.3. The third-order valence-electron chi connectivity index (χ3n) is 7.86. The van der Waals surface area contributed by atoms with Crippen molar-refractivity contribution < 1.29 is 14.3 Å². The number of pyridine rings is 1. The maximum atomic E-state index is 13.5. The molecule has 2 atom stereocenters. The summed E-state index contributed by atoms with van der Waals surface area (Å²) < 4.78 is 6.24. The number of benzene rings is 1. The molecular weight excluding hydrogens is 476 g/mol. The van der Waals surface area contributed by atoms with Gasteiger partial charge in [-0.25, -0.2) is 0 Å². The Balaban J connectivity index is 1.42. The first-order chi connectivity index (χ1) is 18.4.